The smallest absolute Gasteiger partial charge is 0.411 e. The highest BCUT2D eigenvalue weighted by atomic mass is 16.5. The Balaban J connectivity index is 1.26. The summed E-state index contributed by atoms with van der Waals surface area (Å²) < 4.78 is 10.8. The van der Waals surface area contributed by atoms with E-state index in [9.17, 15) is 19.5 Å². The minimum absolute atomic E-state index is 0.0954. The fraction of sp³-hybridized carbons (Fsp3) is 0.296. The molecule has 5 rings (SSSR count). The Morgan fingerprint density at radius 1 is 0.943 bits per heavy atom. The van der Waals surface area contributed by atoms with E-state index in [4.69, 9.17) is 9.15 Å². The SMILES string of the molecule is O=C(Nc1ccoc1C(=O)NC1(C(=O)O)CCCCC1)OCC1c2ccccc2-c2ccccc21. The number of carboxylic acids is 1. The van der Waals surface area contributed by atoms with Crippen LogP contribution in [0.4, 0.5) is 10.5 Å². The summed E-state index contributed by atoms with van der Waals surface area (Å²) in [7, 11) is 0. The zero-order valence-electron chi connectivity index (χ0n) is 19.1. The van der Waals surface area contributed by atoms with E-state index in [0.29, 0.717) is 12.8 Å². The first-order chi connectivity index (χ1) is 17.0. The topological polar surface area (TPSA) is 118 Å². The number of hydrogen-bond acceptors (Lipinski definition) is 5. The monoisotopic (exact) mass is 474 g/mol. The summed E-state index contributed by atoms with van der Waals surface area (Å²) in [6.07, 6.45) is 3.61. The molecule has 1 saturated carbocycles. The van der Waals surface area contributed by atoms with Crippen LogP contribution in [0.5, 0.6) is 0 Å². The van der Waals surface area contributed by atoms with Gasteiger partial charge in [-0.25, -0.2) is 9.59 Å². The lowest BCUT2D eigenvalue weighted by Gasteiger charge is -2.33. The summed E-state index contributed by atoms with van der Waals surface area (Å²) in [6.45, 7) is 0.126. The third kappa shape index (κ3) is 4.27. The van der Waals surface area contributed by atoms with E-state index in [2.05, 4.69) is 22.8 Å². The first-order valence-electron chi connectivity index (χ1n) is 11.7. The predicted molar refractivity (Wildman–Crippen MR) is 128 cm³/mol. The van der Waals surface area contributed by atoms with Gasteiger partial charge >= 0.3 is 12.1 Å². The average molecular weight is 475 g/mol. The van der Waals surface area contributed by atoms with Crippen molar-refractivity contribution in [3.8, 4) is 11.1 Å². The van der Waals surface area contributed by atoms with E-state index in [1.165, 1.54) is 12.3 Å². The molecule has 0 saturated heterocycles. The Kier molecular flexibility index (Phi) is 6.03. The number of furan rings is 1. The van der Waals surface area contributed by atoms with Gasteiger partial charge in [0.2, 0.25) is 5.76 Å². The van der Waals surface area contributed by atoms with Gasteiger partial charge in [0, 0.05) is 12.0 Å². The Morgan fingerprint density at radius 2 is 1.57 bits per heavy atom. The van der Waals surface area contributed by atoms with Gasteiger partial charge in [-0.3, -0.25) is 10.1 Å². The summed E-state index contributed by atoms with van der Waals surface area (Å²) in [5, 5.41) is 14.9. The van der Waals surface area contributed by atoms with E-state index in [1.54, 1.807) is 0 Å². The molecule has 2 amide bonds. The number of rotatable bonds is 6. The van der Waals surface area contributed by atoms with E-state index in [1.807, 2.05) is 36.4 Å². The Morgan fingerprint density at radius 3 is 2.20 bits per heavy atom. The maximum atomic E-state index is 12.9. The van der Waals surface area contributed by atoms with Crippen molar-refractivity contribution < 1.29 is 28.6 Å². The second kappa shape index (κ2) is 9.29. The highest BCUT2D eigenvalue weighted by Gasteiger charge is 2.42. The van der Waals surface area contributed by atoms with Crippen LogP contribution in [0.25, 0.3) is 11.1 Å². The van der Waals surface area contributed by atoms with E-state index < -0.39 is 23.5 Å². The van der Waals surface area contributed by atoms with Gasteiger partial charge in [0.15, 0.2) is 0 Å². The Bertz CT molecular complexity index is 1230. The van der Waals surface area contributed by atoms with Crippen LogP contribution >= 0.6 is 0 Å². The van der Waals surface area contributed by atoms with Crippen molar-refractivity contribution in [2.45, 2.75) is 43.6 Å². The van der Waals surface area contributed by atoms with E-state index in [-0.39, 0.29) is 24.0 Å². The molecule has 0 aliphatic heterocycles. The number of anilines is 1. The molecule has 0 bridgehead atoms. The van der Waals surface area contributed by atoms with Gasteiger partial charge in [-0.05, 0) is 35.1 Å². The number of nitrogens with one attached hydrogen (secondary N) is 2. The molecule has 0 radical (unpaired) electrons. The molecule has 35 heavy (non-hydrogen) atoms. The second-order valence-electron chi connectivity index (χ2n) is 9.02. The van der Waals surface area contributed by atoms with Crippen molar-refractivity contribution in [3.05, 3.63) is 77.7 Å². The second-order valence-corrected chi connectivity index (χ2v) is 9.02. The number of carbonyl (C=O) groups is 3. The summed E-state index contributed by atoms with van der Waals surface area (Å²) in [5.74, 6) is -2.01. The van der Waals surface area contributed by atoms with Crippen molar-refractivity contribution in [2.75, 3.05) is 11.9 Å². The van der Waals surface area contributed by atoms with Crippen LogP contribution in [-0.2, 0) is 9.53 Å². The van der Waals surface area contributed by atoms with Crippen LogP contribution in [0.15, 0.2) is 65.3 Å². The molecule has 2 aliphatic rings. The molecule has 0 atom stereocenters. The van der Waals surface area contributed by atoms with Crippen LogP contribution in [-0.4, -0.2) is 35.2 Å². The minimum atomic E-state index is -1.33. The number of benzene rings is 2. The van der Waals surface area contributed by atoms with Gasteiger partial charge < -0.3 is 19.6 Å². The number of aliphatic carboxylic acids is 1. The van der Waals surface area contributed by atoms with Crippen molar-refractivity contribution >= 4 is 23.7 Å². The van der Waals surface area contributed by atoms with E-state index >= 15 is 0 Å². The molecule has 0 spiro atoms. The largest absolute Gasteiger partial charge is 0.480 e. The van der Waals surface area contributed by atoms with Gasteiger partial charge in [-0.2, -0.15) is 0 Å². The molecule has 2 aliphatic carbocycles. The molecular formula is C27H26N2O6. The summed E-state index contributed by atoms with van der Waals surface area (Å²) >= 11 is 0. The highest BCUT2D eigenvalue weighted by molar-refractivity contribution is 6.02. The van der Waals surface area contributed by atoms with Gasteiger partial charge in [0.25, 0.3) is 5.91 Å². The molecule has 8 nitrogen and oxygen atoms in total. The summed E-state index contributed by atoms with van der Waals surface area (Å²) in [4.78, 5) is 37.4. The molecule has 0 unspecified atom stereocenters. The molecule has 1 fully saturated rings. The lowest BCUT2D eigenvalue weighted by Crippen LogP contribution is -2.55. The zero-order valence-corrected chi connectivity index (χ0v) is 19.1. The molecule has 3 aromatic rings. The van der Waals surface area contributed by atoms with Crippen LogP contribution in [0, 0.1) is 0 Å². The molecule has 2 aromatic carbocycles. The lowest BCUT2D eigenvalue weighted by molar-refractivity contribution is -0.145. The molecule has 8 heteroatoms. The third-order valence-corrected chi connectivity index (χ3v) is 6.92. The van der Waals surface area contributed by atoms with E-state index in [0.717, 1.165) is 41.5 Å². The molecule has 1 heterocycles. The third-order valence-electron chi connectivity index (χ3n) is 6.92. The summed E-state index contributed by atoms with van der Waals surface area (Å²) in [5.41, 5.74) is 3.23. The quantitative estimate of drug-likeness (QED) is 0.454. The summed E-state index contributed by atoms with van der Waals surface area (Å²) in [6, 6.07) is 17.5. The maximum Gasteiger partial charge on any atom is 0.411 e. The Labute approximate surface area is 202 Å². The van der Waals surface area contributed by atoms with Crippen molar-refractivity contribution in [1.29, 1.82) is 0 Å². The molecule has 1 aromatic heterocycles. The first kappa shape index (κ1) is 22.7. The fourth-order valence-electron chi connectivity index (χ4n) is 5.15. The first-order valence-corrected chi connectivity index (χ1v) is 11.7. The van der Waals surface area contributed by atoms with Gasteiger partial charge in [-0.1, -0.05) is 67.8 Å². The lowest BCUT2D eigenvalue weighted by atomic mass is 9.81. The fourth-order valence-corrected chi connectivity index (χ4v) is 5.15. The van der Waals surface area contributed by atoms with Gasteiger partial charge in [0.05, 0.1) is 12.0 Å². The number of hydrogen-bond donors (Lipinski definition) is 3. The zero-order chi connectivity index (χ0) is 24.4. The number of fused-ring (bicyclic) bond motifs is 3. The van der Waals surface area contributed by atoms with Crippen LogP contribution in [0.1, 0.15) is 59.7 Å². The Hall–Kier alpha value is -4.07. The van der Waals surface area contributed by atoms with Gasteiger partial charge in [-0.15, -0.1) is 0 Å². The number of amides is 2. The maximum absolute atomic E-state index is 12.9. The minimum Gasteiger partial charge on any atom is -0.480 e. The van der Waals surface area contributed by atoms with Crippen LogP contribution in [0.2, 0.25) is 0 Å². The van der Waals surface area contributed by atoms with Crippen molar-refractivity contribution in [1.82, 2.24) is 5.32 Å². The normalized spacial score (nSPS) is 16.1. The average Bonchev–Trinajstić information content (AvgIpc) is 3.46. The standard InChI is InChI=1S/C27H26N2O6/c30-24(29-27(25(31)32)13-6-1-7-14-27)23-22(12-15-34-23)28-26(33)35-16-21-19-10-4-2-8-17(19)18-9-3-5-11-20(18)21/h2-5,8-12,15,21H,1,6-7,13-14,16H2,(H,28,33)(H,29,30)(H,31,32). The molecule has 3 N–H and O–H groups in total. The number of carbonyl (C=O) groups excluding carboxylic acids is 2. The van der Waals surface area contributed by atoms with Gasteiger partial charge in [0.1, 0.15) is 12.1 Å². The van der Waals surface area contributed by atoms with Crippen LogP contribution < -0.4 is 10.6 Å². The highest BCUT2D eigenvalue weighted by Crippen LogP contribution is 2.44. The predicted octanol–water partition coefficient (Wildman–Crippen LogP) is 5.16. The number of carboxylic acid groups (broad SMARTS) is 1. The van der Waals surface area contributed by atoms with Crippen molar-refractivity contribution in [3.63, 3.8) is 0 Å². The van der Waals surface area contributed by atoms with Crippen LogP contribution in [0.3, 0.4) is 0 Å². The number of ether oxygens (including phenoxy) is 1. The molecular weight excluding hydrogens is 448 g/mol. The molecule has 180 valence electrons. The van der Waals surface area contributed by atoms with Crippen molar-refractivity contribution in [2.24, 2.45) is 0 Å².